The highest BCUT2D eigenvalue weighted by molar-refractivity contribution is 9.10. The predicted octanol–water partition coefficient (Wildman–Crippen LogP) is 4.60. The van der Waals surface area contributed by atoms with Crippen LogP contribution in [-0.4, -0.2) is 9.55 Å². The van der Waals surface area contributed by atoms with E-state index >= 15 is 0 Å². The summed E-state index contributed by atoms with van der Waals surface area (Å²) in [5, 5.41) is 9.65. The van der Waals surface area contributed by atoms with Crippen LogP contribution < -0.4 is 5.49 Å². The first-order chi connectivity index (χ1) is 9.49. The normalized spacial score (nSPS) is 11.2. The Hall–Kier alpha value is -1.17. The Labute approximate surface area is 133 Å². The molecule has 6 heteroatoms. The molecule has 2 heterocycles. The summed E-state index contributed by atoms with van der Waals surface area (Å²) in [5.41, 5.74) is 2.31. The summed E-state index contributed by atoms with van der Waals surface area (Å²) in [4.78, 5) is 6.43. The highest BCUT2D eigenvalue weighted by Gasteiger charge is 2.14. The third-order valence-corrected chi connectivity index (χ3v) is 5.17. The number of hydrogen-bond donors (Lipinski definition) is 1. The third-order valence-electron chi connectivity index (χ3n) is 3.29. The second kappa shape index (κ2) is 4.98. The van der Waals surface area contributed by atoms with Crippen LogP contribution in [0.3, 0.4) is 0 Å². The molecule has 1 N–H and O–H groups in total. The van der Waals surface area contributed by atoms with Crippen LogP contribution in [0.2, 0.25) is 5.28 Å². The number of thiophene rings is 1. The summed E-state index contributed by atoms with van der Waals surface area (Å²) in [6.45, 7) is 4.06. The summed E-state index contributed by atoms with van der Waals surface area (Å²) in [5.74, 6) is 0. The van der Waals surface area contributed by atoms with Crippen molar-refractivity contribution < 1.29 is 0 Å². The molecule has 0 amide bonds. The number of nitrogens with zero attached hydrogens (tertiary/aromatic N) is 2. The van der Waals surface area contributed by atoms with Crippen molar-refractivity contribution in [3.63, 3.8) is 0 Å². The van der Waals surface area contributed by atoms with Crippen LogP contribution >= 0.6 is 38.9 Å². The number of hydrogen-bond acceptors (Lipinski definition) is 3. The first kappa shape index (κ1) is 13.8. The van der Waals surface area contributed by atoms with E-state index in [0.29, 0.717) is 10.8 Å². The fourth-order valence-electron chi connectivity index (χ4n) is 2.13. The molecule has 0 aliphatic carbocycles. The van der Waals surface area contributed by atoms with Gasteiger partial charge in [0.2, 0.25) is 5.28 Å². The van der Waals surface area contributed by atoms with Crippen molar-refractivity contribution in [3.8, 4) is 5.69 Å². The van der Waals surface area contributed by atoms with Gasteiger partial charge in [0, 0.05) is 9.35 Å². The minimum atomic E-state index is 0.311. The van der Waals surface area contributed by atoms with Gasteiger partial charge in [-0.05, 0) is 55.3 Å². The van der Waals surface area contributed by atoms with Gasteiger partial charge in [-0.2, -0.15) is 0 Å². The van der Waals surface area contributed by atoms with E-state index in [1.807, 2.05) is 38.1 Å². The first-order valence-electron chi connectivity index (χ1n) is 5.98. The Balaban J connectivity index is 2.39. The van der Waals surface area contributed by atoms with Crippen LogP contribution in [0.1, 0.15) is 10.4 Å². The predicted molar refractivity (Wildman–Crippen MR) is 87.0 cm³/mol. The molecule has 3 aromatic rings. The summed E-state index contributed by atoms with van der Waals surface area (Å²) in [7, 11) is 0. The SMILES string of the molecule is Cc1sc2nc(Cl)n(-c3ccc(Br)cc3)c(=N)c2c1C. The van der Waals surface area contributed by atoms with E-state index in [4.69, 9.17) is 17.0 Å². The van der Waals surface area contributed by atoms with E-state index < -0.39 is 0 Å². The maximum atomic E-state index is 8.46. The molecule has 0 saturated carbocycles. The molecule has 0 saturated heterocycles. The second-order valence-corrected chi connectivity index (χ2v) is 6.96. The van der Waals surface area contributed by atoms with Crippen molar-refractivity contribution >= 4 is 49.1 Å². The molecule has 0 atom stereocenters. The van der Waals surface area contributed by atoms with Gasteiger partial charge in [0.15, 0.2) is 0 Å². The molecule has 0 bridgehead atoms. The molecule has 0 unspecified atom stereocenters. The summed E-state index contributed by atoms with van der Waals surface area (Å²) < 4.78 is 2.65. The van der Waals surface area contributed by atoms with Crippen molar-refractivity contribution in [3.05, 3.63) is 50.0 Å². The van der Waals surface area contributed by atoms with E-state index in [-0.39, 0.29) is 0 Å². The number of aromatic nitrogens is 2. The lowest BCUT2D eigenvalue weighted by Gasteiger charge is -2.10. The molecule has 1 aromatic carbocycles. The molecule has 2 aromatic heterocycles. The second-order valence-electron chi connectivity index (χ2n) is 4.50. The van der Waals surface area contributed by atoms with Gasteiger partial charge < -0.3 is 0 Å². The summed E-state index contributed by atoms with van der Waals surface area (Å²) in [6, 6.07) is 7.67. The number of halogens is 2. The van der Waals surface area contributed by atoms with E-state index in [1.165, 1.54) is 4.88 Å². The molecule has 3 nitrogen and oxygen atoms in total. The largest absolute Gasteiger partial charge is 0.283 e. The van der Waals surface area contributed by atoms with Crippen LogP contribution in [0.4, 0.5) is 0 Å². The Morgan fingerprint density at radius 2 is 1.90 bits per heavy atom. The molecule has 3 rings (SSSR count). The summed E-state index contributed by atoms with van der Waals surface area (Å²) >= 11 is 11.3. The lowest BCUT2D eigenvalue weighted by Crippen LogP contribution is -2.20. The molecular weight excluding hydrogens is 358 g/mol. The Kier molecular flexibility index (Phi) is 3.44. The van der Waals surface area contributed by atoms with Gasteiger partial charge in [0.25, 0.3) is 0 Å². The van der Waals surface area contributed by atoms with Gasteiger partial charge in [-0.3, -0.25) is 9.98 Å². The fraction of sp³-hybridized carbons (Fsp3) is 0.143. The molecule has 0 spiro atoms. The summed E-state index contributed by atoms with van der Waals surface area (Å²) in [6.07, 6.45) is 0. The molecule has 0 radical (unpaired) electrons. The lowest BCUT2D eigenvalue weighted by atomic mass is 10.2. The molecule has 0 aliphatic rings. The molecule has 0 fully saturated rings. The van der Waals surface area contributed by atoms with Crippen LogP contribution in [0, 0.1) is 19.3 Å². The van der Waals surface area contributed by atoms with Crippen LogP contribution in [0.25, 0.3) is 15.9 Å². The Morgan fingerprint density at radius 3 is 2.55 bits per heavy atom. The van der Waals surface area contributed by atoms with Crippen LogP contribution in [0.15, 0.2) is 28.7 Å². The minimum Gasteiger partial charge on any atom is -0.283 e. The zero-order valence-electron chi connectivity index (χ0n) is 10.9. The Morgan fingerprint density at radius 1 is 1.25 bits per heavy atom. The third kappa shape index (κ3) is 2.10. The van der Waals surface area contributed by atoms with Crippen LogP contribution in [-0.2, 0) is 0 Å². The van der Waals surface area contributed by atoms with Gasteiger partial charge in [0.1, 0.15) is 10.3 Å². The zero-order chi connectivity index (χ0) is 14.4. The maximum absolute atomic E-state index is 8.46. The van der Waals surface area contributed by atoms with Gasteiger partial charge in [-0.15, -0.1) is 11.3 Å². The van der Waals surface area contributed by atoms with E-state index in [2.05, 4.69) is 20.9 Å². The monoisotopic (exact) mass is 367 g/mol. The van der Waals surface area contributed by atoms with Gasteiger partial charge >= 0.3 is 0 Å². The molecular formula is C14H11BrClN3S. The lowest BCUT2D eigenvalue weighted by molar-refractivity contribution is 0.912. The highest BCUT2D eigenvalue weighted by atomic mass is 79.9. The molecule has 0 aliphatic heterocycles. The maximum Gasteiger partial charge on any atom is 0.210 e. The van der Waals surface area contributed by atoms with Gasteiger partial charge in [-0.25, -0.2) is 4.98 Å². The standard InChI is InChI=1S/C14H11BrClN3S/c1-7-8(2)20-13-11(7)12(17)19(14(16)18-13)10-5-3-9(15)4-6-10/h3-6,17H,1-2H3. The highest BCUT2D eigenvalue weighted by Crippen LogP contribution is 2.28. The average molecular weight is 369 g/mol. The topological polar surface area (TPSA) is 41.7 Å². The van der Waals surface area contributed by atoms with E-state index in [9.17, 15) is 0 Å². The number of nitrogens with one attached hydrogen (secondary N) is 1. The van der Waals surface area contributed by atoms with Crippen molar-refractivity contribution in [1.29, 1.82) is 5.41 Å². The van der Waals surface area contributed by atoms with Gasteiger partial charge in [0.05, 0.1) is 11.1 Å². The molecule has 102 valence electrons. The number of aryl methyl sites for hydroxylation is 2. The first-order valence-corrected chi connectivity index (χ1v) is 7.96. The van der Waals surface area contributed by atoms with Crippen molar-refractivity contribution in [2.45, 2.75) is 13.8 Å². The van der Waals surface area contributed by atoms with Crippen molar-refractivity contribution in [1.82, 2.24) is 9.55 Å². The fourth-order valence-corrected chi connectivity index (χ4v) is 3.74. The smallest absolute Gasteiger partial charge is 0.210 e. The quantitative estimate of drug-likeness (QED) is 0.627. The van der Waals surface area contributed by atoms with Crippen molar-refractivity contribution in [2.75, 3.05) is 0 Å². The average Bonchev–Trinajstić information content (AvgIpc) is 2.67. The zero-order valence-corrected chi connectivity index (χ0v) is 14.0. The van der Waals surface area contributed by atoms with E-state index in [0.717, 1.165) is 25.9 Å². The van der Waals surface area contributed by atoms with Crippen LogP contribution in [0.5, 0.6) is 0 Å². The number of fused-ring (bicyclic) bond motifs is 1. The van der Waals surface area contributed by atoms with Gasteiger partial charge in [-0.1, -0.05) is 15.9 Å². The number of rotatable bonds is 1. The van der Waals surface area contributed by atoms with E-state index in [1.54, 1.807) is 15.9 Å². The number of benzene rings is 1. The Bertz CT molecular complexity index is 865. The minimum absolute atomic E-state index is 0.311. The van der Waals surface area contributed by atoms with Crippen molar-refractivity contribution in [2.24, 2.45) is 0 Å². The molecule has 20 heavy (non-hydrogen) atoms.